The van der Waals surface area contributed by atoms with Crippen LogP contribution in [0.1, 0.15) is 46.5 Å². The van der Waals surface area contributed by atoms with Gasteiger partial charge in [-0.1, -0.05) is 13.8 Å². The lowest BCUT2D eigenvalue weighted by Gasteiger charge is -2.24. The van der Waals surface area contributed by atoms with Crippen molar-refractivity contribution < 1.29 is 4.79 Å². The lowest BCUT2D eigenvalue weighted by atomic mass is 9.99. The fraction of sp³-hybridized carbons (Fsp3) is 0.909. The van der Waals surface area contributed by atoms with E-state index in [4.69, 9.17) is 5.73 Å². The number of rotatable bonds is 3. The Hall–Kier alpha value is -0.570. The summed E-state index contributed by atoms with van der Waals surface area (Å²) in [7, 11) is 0. The van der Waals surface area contributed by atoms with E-state index in [2.05, 4.69) is 12.2 Å². The third kappa shape index (κ3) is 2.71. The zero-order chi connectivity index (χ0) is 10.8. The number of hydrogen-bond donors (Lipinski definition) is 2. The number of carbonyl (C=O) groups excluding carboxylic acids is 1. The van der Waals surface area contributed by atoms with Crippen LogP contribution in [0, 0.1) is 5.92 Å². The Labute approximate surface area is 86.4 Å². The molecular formula is C11H22N2O. The summed E-state index contributed by atoms with van der Waals surface area (Å²) in [5, 5.41) is 3.04. The lowest BCUT2D eigenvalue weighted by molar-refractivity contribution is -0.126. The van der Waals surface area contributed by atoms with Gasteiger partial charge in [0.25, 0.3) is 0 Å². The molecule has 1 saturated carbocycles. The molecular weight excluding hydrogens is 176 g/mol. The zero-order valence-corrected chi connectivity index (χ0v) is 9.47. The maximum absolute atomic E-state index is 11.7. The van der Waals surface area contributed by atoms with E-state index in [0.29, 0.717) is 12.5 Å². The topological polar surface area (TPSA) is 55.1 Å². The van der Waals surface area contributed by atoms with E-state index >= 15 is 0 Å². The predicted molar refractivity (Wildman–Crippen MR) is 57.8 cm³/mol. The molecule has 0 radical (unpaired) electrons. The summed E-state index contributed by atoms with van der Waals surface area (Å²) in [6.07, 6.45) is 4.11. The van der Waals surface area contributed by atoms with Gasteiger partial charge in [-0.05, 0) is 38.5 Å². The van der Waals surface area contributed by atoms with Crippen molar-refractivity contribution in [3.63, 3.8) is 0 Å². The minimum atomic E-state index is -0.703. The van der Waals surface area contributed by atoms with Crippen molar-refractivity contribution in [2.24, 2.45) is 11.7 Å². The first-order valence-corrected chi connectivity index (χ1v) is 5.55. The average Bonchev–Trinajstić information content (AvgIpc) is 2.51. The molecule has 14 heavy (non-hydrogen) atoms. The Kier molecular flexibility index (Phi) is 3.53. The van der Waals surface area contributed by atoms with Crippen LogP contribution in [0.2, 0.25) is 0 Å². The van der Waals surface area contributed by atoms with Gasteiger partial charge in [-0.25, -0.2) is 0 Å². The van der Waals surface area contributed by atoms with Crippen LogP contribution in [0.15, 0.2) is 0 Å². The van der Waals surface area contributed by atoms with Crippen LogP contribution in [0.5, 0.6) is 0 Å². The minimum Gasteiger partial charge on any atom is -0.352 e. The summed E-state index contributed by atoms with van der Waals surface area (Å²) in [4.78, 5) is 11.7. The quantitative estimate of drug-likeness (QED) is 0.720. The van der Waals surface area contributed by atoms with E-state index in [-0.39, 0.29) is 5.91 Å². The molecule has 1 aliphatic carbocycles. The van der Waals surface area contributed by atoms with E-state index in [1.807, 2.05) is 6.92 Å². The van der Waals surface area contributed by atoms with Gasteiger partial charge in [-0.2, -0.15) is 0 Å². The van der Waals surface area contributed by atoms with Crippen LogP contribution < -0.4 is 11.1 Å². The molecule has 0 aromatic rings. The number of nitrogens with one attached hydrogen (secondary N) is 1. The zero-order valence-electron chi connectivity index (χ0n) is 9.47. The molecule has 0 spiro atoms. The molecule has 3 nitrogen and oxygen atoms in total. The Balaban J connectivity index is 2.41. The van der Waals surface area contributed by atoms with Crippen LogP contribution in [0.25, 0.3) is 0 Å². The van der Waals surface area contributed by atoms with Crippen LogP contribution in [-0.4, -0.2) is 17.5 Å². The molecule has 1 fully saturated rings. The highest BCUT2D eigenvalue weighted by Gasteiger charge is 2.30. The van der Waals surface area contributed by atoms with Crippen LogP contribution in [0.3, 0.4) is 0 Å². The van der Waals surface area contributed by atoms with E-state index in [1.54, 1.807) is 6.92 Å². The van der Waals surface area contributed by atoms with Crippen molar-refractivity contribution in [3.05, 3.63) is 0 Å². The highest BCUT2D eigenvalue weighted by molar-refractivity contribution is 5.85. The van der Waals surface area contributed by atoms with Gasteiger partial charge in [-0.3, -0.25) is 4.79 Å². The first-order chi connectivity index (χ1) is 6.45. The van der Waals surface area contributed by atoms with Crippen molar-refractivity contribution in [3.8, 4) is 0 Å². The monoisotopic (exact) mass is 198 g/mol. The van der Waals surface area contributed by atoms with Gasteiger partial charge in [0.2, 0.25) is 5.91 Å². The second-order valence-electron chi connectivity index (χ2n) is 4.86. The van der Waals surface area contributed by atoms with Gasteiger partial charge >= 0.3 is 0 Å². The smallest absolute Gasteiger partial charge is 0.239 e. The molecule has 3 N–H and O–H groups in total. The van der Waals surface area contributed by atoms with Gasteiger partial charge in [0.1, 0.15) is 0 Å². The van der Waals surface area contributed by atoms with E-state index in [9.17, 15) is 4.79 Å². The lowest BCUT2D eigenvalue weighted by Crippen LogP contribution is -2.53. The molecule has 1 rings (SSSR count). The van der Waals surface area contributed by atoms with Gasteiger partial charge in [0.15, 0.2) is 0 Å². The van der Waals surface area contributed by atoms with Crippen molar-refractivity contribution in [1.29, 1.82) is 0 Å². The molecule has 0 aliphatic heterocycles. The highest BCUT2D eigenvalue weighted by atomic mass is 16.2. The number of amides is 1. The van der Waals surface area contributed by atoms with E-state index in [0.717, 1.165) is 18.8 Å². The highest BCUT2D eigenvalue weighted by Crippen LogP contribution is 2.25. The van der Waals surface area contributed by atoms with Crippen LogP contribution in [-0.2, 0) is 4.79 Å². The molecule has 82 valence electrons. The molecule has 0 heterocycles. The maximum Gasteiger partial charge on any atom is 0.239 e. The van der Waals surface area contributed by atoms with Gasteiger partial charge in [0, 0.05) is 6.04 Å². The first-order valence-electron chi connectivity index (χ1n) is 5.55. The van der Waals surface area contributed by atoms with Crippen molar-refractivity contribution in [1.82, 2.24) is 5.32 Å². The van der Waals surface area contributed by atoms with E-state index in [1.165, 1.54) is 6.42 Å². The molecule has 0 aromatic heterocycles. The molecule has 1 aliphatic rings. The second-order valence-corrected chi connectivity index (χ2v) is 4.86. The minimum absolute atomic E-state index is 0.000833. The summed E-state index contributed by atoms with van der Waals surface area (Å²) in [5.41, 5.74) is 5.16. The summed E-state index contributed by atoms with van der Waals surface area (Å²) in [6, 6.07) is 0.354. The van der Waals surface area contributed by atoms with Gasteiger partial charge in [0.05, 0.1) is 5.54 Å². The first kappa shape index (κ1) is 11.5. The molecule has 0 aromatic carbocycles. The van der Waals surface area contributed by atoms with Crippen molar-refractivity contribution in [2.45, 2.75) is 58.0 Å². The third-order valence-electron chi connectivity index (χ3n) is 3.28. The molecule has 3 heteroatoms. The Morgan fingerprint density at radius 2 is 2.21 bits per heavy atom. The largest absolute Gasteiger partial charge is 0.352 e. The van der Waals surface area contributed by atoms with Crippen LogP contribution in [0.4, 0.5) is 0 Å². The normalized spacial score (nSPS) is 31.1. The average molecular weight is 198 g/mol. The second kappa shape index (κ2) is 4.30. The van der Waals surface area contributed by atoms with Gasteiger partial charge in [-0.15, -0.1) is 0 Å². The fourth-order valence-corrected chi connectivity index (χ4v) is 1.85. The third-order valence-corrected chi connectivity index (χ3v) is 3.28. The standard InChI is InChI=1S/C11H22N2O/c1-4-11(3,12)10(14)13-9-6-5-8(2)7-9/h8-9H,4-7,12H2,1-3H3,(H,13,14). The number of hydrogen-bond acceptors (Lipinski definition) is 2. The van der Waals surface area contributed by atoms with Crippen LogP contribution >= 0.6 is 0 Å². The number of carbonyl (C=O) groups is 1. The summed E-state index contributed by atoms with van der Waals surface area (Å²) >= 11 is 0. The summed E-state index contributed by atoms with van der Waals surface area (Å²) in [6.45, 7) is 5.96. The number of nitrogens with two attached hydrogens (primary N) is 1. The predicted octanol–water partition coefficient (Wildman–Crippen LogP) is 1.42. The molecule has 0 bridgehead atoms. The van der Waals surface area contributed by atoms with E-state index < -0.39 is 5.54 Å². The Morgan fingerprint density at radius 3 is 2.64 bits per heavy atom. The fourth-order valence-electron chi connectivity index (χ4n) is 1.85. The van der Waals surface area contributed by atoms with Crippen molar-refractivity contribution in [2.75, 3.05) is 0 Å². The molecule has 1 amide bonds. The summed E-state index contributed by atoms with van der Waals surface area (Å²) in [5.74, 6) is 0.741. The van der Waals surface area contributed by atoms with Gasteiger partial charge < -0.3 is 11.1 Å². The molecule has 3 atom stereocenters. The van der Waals surface area contributed by atoms with Crippen molar-refractivity contribution >= 4 is 5.91 Å². The Morgan fingerprint density at radius 1 is 1.57 bits per heavy atom. The maximum atomic E-state index is 11.7. The summed E-state index contributed by atoms with van der Waals surface area (Å²) < 4.78 is 0. The SMILES string of the molecule is CCC(C)(N)C(=O)NC1CCC(C)C1. The molecule has 0 saturated heterocycles. The Bertz CT molecular complexity index is 213. The molecule has 3 unspecified atom stereocenters.